The van der Waals surface area contributed by atoms with Crippen molar-refractivity contribution in [3.8, 4) is 0 Å². The third-order valence-electron chi connectivity index (χ3n) is 3.66. The molecule has 1 N–H and O–H groups in total. The summed E-state index contributed by atoms with van der Waals surface area (Å²) in [6.45, 7) is 3.23. The topological polar surface area (TPSA) is 35.6 Å². The van der Waals surface area contributed by atoms with Crippen LogP contribution in [-0.4, -0.2) is 62.0 Å². The number of hydrogen-bond donors (Lipinski definition) is 1. The van der Waals surface area contributed by atoms with Crippen molar-refractivity contribution in [3.05, 3.63) is 35.9 Å². The fraction of sp³-hybridized carbons (Fsp3) is 0.562. The molecule has 1 unspecified atom stereocenters. The fourth-order valence-corrected chi connectivity index (χ4v) is 2.69. The Labute approximate surface area is 121 Å². The first-order chi connectivity index (χ1) is 9.66. The average Bonchev–Trinajstić information content (AvgIpc) is 2.64. The summed E-state index contributed by atoms with van der Waals surface area (Å²) < 4.78 is 0. The molecule has 20 heavy (non-hydrogen) atoms. The first kappa shape index (κ1) is 15.0. The van der Waals surface area contributed by atoms with Crippen molar-refractivity contribution in [2.45, 2.75) is 18.9 Å². The van der Waals surface area contributed by atoms with Gasteiger partial charge in [0.25, 0.3) is 0 Å². The largest absolute Gasteiger partial charge is 0.337 e. The maximum absolute atomic E-state index is 12.4. The number of hydrogen-bond acceptors (Lipinski definition) is 3. The van der Waals surface area contributed by atoms with Crippen LogP contribution in [0.5, 0.6) is 0 Å². The van der Waals surface area contributed by atoms with Crippen molar-refractivity contribution in [3.63, 3.8) is 0 Å². The molecule has 1 aromatic rings. The lowest BCUT2D eigenvalue weighted by molar-refractivity contribution is -0.133. The van der Waals surface area contributed by atoms with E-state index in [1.54, 1.807) is 0 Å². The summed E-state index contributed by atoms with van der Waals surface area (Å²) in [5.74, 6) is 0.236. The van der Waals surface area contributed by atoms with Crippen LogP contribution in [0.25, 0.3) is 0 Å². The number of carbonyl (C=O) groups is 1. The van der Waals surface area contributed by atoms with Gasteiger partial charge in [0.2, 0.25) is 5.91 Å². The second-order valence-corrected chi connectivity index (χ2v) is 5.73. The highest BCUT2D eigenvalue weighted by molar-refractivity contribution is 5.78. The van der Waals surface area contributed by atoms with Crippen LogP contribution in [0.15, 0.2) is 30.3 Å². The zero-order chi connectivity index (χ0) is 14.4. The Morgan fingerprint density at radius 2 is 2.10 bits per heavy atom. The van der Waals surface area contributed by atoms with E-state index in [2.05, 4.69) is 34.5 Å². The Balaban J connectivity index is 2.06. The molecule has 2 rings (SSSR count). The Morgan fingerprint density at radius 1 is 1.35 bits per heavy atom. The van der Waals surface area contributed by atoms with Crippen LogP contribution < -0.4 is 5.32 Å². The molecule has 1 fully saturated rings. The number of amides is 1. The minimum absolute atomic E-state index is 0.236. The van der Waals surface area contributed by atoms with Crippen molar-refractivity contribution < 1.29 is 4.79 Å². The van der Waals surface area contributed by atoms with Gasteiger partial charge in [0.05, 0.1) is 6.54 Å². The molecule has 0 saturated carbocycles. The van der Waals surface area contributed by atoms with Gasteiger partial charge in [-0.3, -0.25) is 4.79 Å². The minimum atomic E-state index is 0.236. The number of benzene rings is 1. The summed E-state index contributed by atoms with van der Waals surface area (Å²) in [6, 6.07) is 10.7. The zero-order valence-electron chi connectivity index (χ0n) is 12.5. The van der Waals surface area contributed by atoms with Crippen LogP contribution in [0.2, 0.25) is 0 Å². The SMILES string of the molecule is CN(C)CC(=O)N1CCCNCC1Cc1ccccc1. The lowest BCUT2D eigenvalue weighted by Crippen LogP contribution is -2.47. The van der Waals surface area contributed by atoms with E-state index in [9.17, 15) is 4.79 Å². The number of carbonyl (C=O) groups excluding carboxylic acids is 1. The summed E-state index contributed by atoms with van der Waals surface area (Å²) in [5.41, 5.74) is 1.30. The summed E-state index contributed by atoms with van der Waals surface area (Å²) >= 11 is 0. The van der Waals surface area contributed by atoms with Crippen molar-refractivity contribution in [1.29, 1.82) is 0 Å². The lowest BCUT2D eigenvalue weighted by Gasteiger charge is -2.31. The van der Waals surface area contributed by atoms with E-state index in [0.29, 0.717) is 6.54 Å². The Morgan fingerprint density at radius 3 is 2.80 bits per heavy atom. The lowest BCUT2D eigenvalue weighted by atomic mass is 10.0. The summed E-state index contributed by atoms with van der Waals surface area (Å²) in [5, 5.41) is 3.45. The number of likely N-dealkylation sites (N-methyl/N-ethyl adjacent to an activating group) is 1. The second-order valence-electron chi connectivity index (χ2n) is 5.73. The highest BCUT2D eigenvalue weighted by Crippen LogP contribution is 2.12. The van der Waals surface area contributed by atoms with Crippen LogP contribution in [0.4, 0.5) is 0 Å². The molecule has 0 aliphatic carbocycles. The van der Waals surface area contributed by atoms with E-state index in [0.717, 1.165) is 32.5 Å². The molecule has 1 atom stereocenters. The van der Waals surface area contributed by atoms with Crippen molar-refractivity contribution in [2.75, 3.05) is 40.3 Å². The zero-order valence-corrected chi connectivity index (χ0v) is 12.5. The first-order valence-corrected chi connectivity index (χ1v) is 7.35. The van der Waals surface area contributed by atoms with Crippen LogP contribution >= 0.6 is 0 Å². The highest BCUT2D eigenvalue weighted by atomic mass is 16.2. The molecule has 1 aromatic carbocycles. The number of nitrogens with zero attached hydrogens (tertiary/aromatic N) is 2. The monoisotopic (exact) mass is 275 g/mol. The van der Waals surface area contributed by atoms with E-state index in [-0.39, 0.29) is 11.9 Å². The molecule has 110 valence electrons. The maximum atomic E-state index is 12.4. The first-order valence-electron chi connectivity index (χ1n) is 7.35. The molecule has 0 spiro atoms. The van der Waals surface area contributed by atoms with Gasteiger partial charge in [-0.25, -0.2) is 0 Å². The standard InChI is InChI=1S/C16H25N3O/c1-18(2)13-16(20)19-10-6-9-17-12-15(19)11-14-7-4-3-5-8-14/h3-5,7-8,15,17H,6,9-13H2,1-2H3. The normalized spacial score (nSPS) is 19.9. The molecule has 0 aromatic heterocycles. The number of rotatable bonds is 4. The van der Waals surface area contributed by atoms with Gasteiger partial charge in [-0.1, -0.05) is 30.3 Å². The van der Waals surface area contributed by atoms with E-state index in [4.69, 9.17) is 0 Å². The highest BCUT2D eigenvalue weighted by Gasteiger charge is 2.25. The van der Waals surface area contributed by atoms with Crippen molar-refractivity contribution in [2.24, 2.45) is 0 Å². The molecule has 1 heterocycles. The smallest absolute Gasteiger partial charge is 0.237 e. The van der Waals surface area contributed by atoms with Crippen LogP contribution in [-0.2, 0) is 11.2 Å². The quantitative estimate of drug-likeness (QED) is 0.890. The second kappa shape index (κ2) is 7.41. The van der Waals surface area contributed by atoms with E-state index in [1.165, 1.54) is 5.56 Å². The van der Waals surface area contributed by atoms with E-state index in [1.807, 2.05) is 25.1 Å². The minimum Gasteiger partial charge on any atom is -0.337 e. The summed E-state index contributed by atoms with van der Waals surface area (Å²) in [4.78, 5) is 16.4. The molecular weight excluding hydrogens is 250 g/mol. The summed E-state index contributed by atoms with van der Waals surface area (Å²) in [7, 11) is 3.89. The molecule has 1 aliphatic rings. The third kappa shape index (κ3) is 4.32. The van der Waals surface area contributed by atoms with Gasteiger partial charge < -0.3 is 15.1 Å². The Kier molecular flexibility index (Phi) is 5.56. The fourth-order valence-electron chi connectivity index (χ4n) is 2.69. The molecule has 1 saturated heterocycles. The molecule has 1 amide bonds. The van der Waals surface area contributed by atoms with Crippen LogP contribution in [0, 0.1) is 0 Å². The van der Waals surface area contributed by atoms with Gasteiger partial charge in [0.1, 0.15) is 0 Å². The van der Waals surface area contributed by atoms with Crippen LogP contribution in [0.1, 0.15) is 12.0 Å². The molecular formula is C16H25N3O. The average molecular weight is 275 g/mol. The third-order valence-corrected chi connectivity index (χ3v) is 3.66. The van der Waals surface area contributed by atoms with Gasteiger partial charge in [-0.2, -0.15) is 0 Å². The molecule has 0 radical (unpaired) electrons. The van der Waals surface area contributed by atoms with Crippen LogP contribution in [0.3, 0.4) is 0 Å². The van der Waals surface area contributed by atoms with Gasteiger partial charge in [0, 0.05) is 19.1 Å². The van der Waals surface area contributed by atoms with Gasteiger partial charge in [0.15, 0.2) is 0 Å². The summed E-state index contributed by atoms with van der Waals surface area (Å²) in [6.07, 6.45) is 1.96. The molecule has 0 bridgehead atoms. The van der Waals surface area contributed by atoms with Crippen molar-refractivity contribution in [1.82, 2.24) is 15.1 Å². The van der Waals surface area contributed by atoms with E-state index < -0.39 is 0 Å². The molecule has 4 heteroatoms. The van der Waals surface area contributed by atoms with E-state index >= 15 is 0 Å². The Hall–Kier alpha value is -1.39. The van der Waals surface area contributed by atoms with Gasteiger partial charge in [-0.05, 0) is 39.0 Å². The maximum Gasteiger partial charge on any atom is 0.237 e. The van der Waals surface area contributed by atoms with Gasteiger partial charge in [-0.15, -0.1) is 0 Å². The number of nitrogens with one attached hydrogen (secondary N) is 1. The predicted octanol–water partition coefficient (Wildman–Crippen LogP) is 0.981. The Bertz CT molecular complexity index is 419. The molecule has 4 nitrogen and oxygen atoms in total. The molecule has 1 aliphatic heterocycles. The van der Waals surface area contributed by atoms with Crippen molar-refractivity contribution >= 4 is 5.91 Å². The predicted molar refractivity (Wildman–Crippen MR) is 81.7 cm³/mol. The van der Waals surface area contributed by atoms with Gasteiger partial charge >= 0.3 is 0 Å².